The van der Waals surface area contributed by atoms with Gasteiger partial charge < -0.3 is 16.2 Å². The standard InChI is InChI=1S/C19H34N2O/c1-6-9-22-18-8-7-16(11-17(18)19(3,4)5)14(2)10-15(12-20)13-21/h7-8,11,14-15H,6,9-10,12-13,20-21H2,1-5H3. The van der Waals surface area contributed by atoms with Gasteiger partial charge in [-0.15, -0.1) is 0 Å². The van der Waals surface area contributed by atoms with Gasteiger partial charge in [0, 0.05) is 0 Å². The second kappa shape index (κ2) is 8.54. The van der Waals surface area contributed by atoms with Crippen LogP contribution in [0.15, 0.2) is 18.2 Å². The van der Waals surface area contributed by atoms with Crippen molar-refractivity contribution in [2.75, 3.05) is 19.7 Å². The molecule has 4 N–H and O–H groups in total. The molecule has 0 bridgehead atoms. The van der Waals surface area contributed by atoms with Gasteiger partial charge >= 0.3 is 0 Å². The second-order valence-electron chi connectivity index (χ2n) is 7.33. The lowest BCUT2D eigenvalue weighted by Gasteiger charge is -2.26. The van der Waals surface area contributed by atoms with E-state index in [0.29, 0.717) is 24.9 Å². The van der Waals surface area contributed by atoms with Gasteiger partial charge in [-0.25, -0.2) is 0 Å². The molecule has 0 aliphatic rings. The molecule has 0 aromatic heterocycles. The molecule has 1 aromatic rings. The zero-order valence-corrected chi connectivity index (χ0v) is 15.0. The molecule has 0 saturated carbocycles. The zero-order valence-electron chi connectivity index (χ0n) is 15.0. The molecule has 1 aromatic carbocycles. The molecule has 0 spiro atoms. The van der Waals surface area contributed by atoms with E-state index in [9.17, 15) is 0 Å². The Morgan fingerprint density at radius 1 is 1.14 bits per heavy atom. The summed E-state index contributed by atoms with van der Waals surface area (Å²) in [6.45, 7) is 13.2. The normalized spacial score (nSPS) is 13.5. The first-order valence-electron chi connectivity index (χ1n) is 8.50. The maximum Gasteiger partial charge on any atom is 0.123 e. The van der Waals surface area contributed by atoms with E-state index in [0.717, 1.165) is 25.2 Å². The maximum atomic E-state index is 5.93. The van der Waals surface area contributed by atoms with E-state index < -0.39 is 0 Å². The fraction of sp³-hybridized carbons (Fsp3) is 0.684. The van der Waals surface area contributed by atoms with Crippen LogP contribution in [0, 0.1) is 5.92 Å². The molecule has 126 valence electrons. The first kappa shape index (κ1) is 19.0. The predicted octanol–water partition coefficient (Wildman–Crippen LogP) is 3.80. The van der Waals surface area contributed by atoms with Crippen molar-refractivity contribution in [1.29, 1.82) is 0 Å². The molecule has 0 aliphatic heterocycles. The van der Waals surface area contributed by atoms with Gasteiger partial charge in [0.1, 0.15) is 5.75 Å². The molecule has 22 heavy (non-hydrogen) atoms. The Bertz CT molecular complexity index is 447. The molecular formula is C19H34N2O. The van der Waals surface area contributed by atoms with Crippen molar-refractivity contribution in [3.63, 3.8) is 0 Å². The third-order valence-corrected chi connectivity index (χ3v) is 4.20. The molecule has 1 atom stereocenters. The summed E-state index contributed by atoms with van der Waals surface area (Å²) < 4.78 is 5.93. The average Bonchev–Trinajstić information content (AvgIpc) is 2.49. The monoisotopic (exact) mass is 306 g/mol. The fourth-order valence-electron chi connectivity index (χ4n) is 2.70. The summed E-state index contributed by atoms with van der Waals surface area (Å²) in [5.74, 6) is 1.86. The summed E-state index contributed by atoms with van der Waals surface area (Å²) in [4.78, 5) is 0. The summed E-state index contributed by atoms with van der Waals surface area (Å²) in [5.41, 5.74) is 14.3. The van der Waals surface area contributed by atoms with Crippen molar-refractivity contribution < 1.29 is 4.74 Å². The van der Waals surface area contributed by atoms with Crippen LogP contribution in [-0.2, 0) is 5.41 Å². The van der Waals surface area contributed by atoms with E-state index in [1.54, 1.807) is 0 Å². The molecule has 0 saturated heterocycles. The van der Waals surface area contributed by atoms with Gasteiger partial charge in [-0.2, -0.15) is 0 Å². The third kappa shape index (κ3) is 5.29. The van der Waals surface area contributed by atoms with E-state index >= 15 is 0 Å². The predicted molar refractivity (Wildman–Crippen MR) is 95.6 cm³/mol. The lowest BCUT2D eigenvalue weighted by atomic mass is 9.82. The van der Waals surface area contributed by atoms with Crippen molar-refractivity contribution in [3.8, 4) is 5.75 Å². The van der Waals surface area contributed by atoms with Crippen LogP contribution in [-0.4, -0.2) is 19.7 Å². The van der Waals surface area contributed by atoms with E-state index in [1.807, 2.05) is 0 Å². The van der Waals surface area contributed by atoms with Crippen molar-refractivity contribution in [2.45, 2.75) is 58.8 Å². The average molecular weight is 306 g/mol. The Labute approximate surface area is 136 Å². The smallest absolute Gasteiger partial charge is 0.123 e. The first-order valence-corrected chi connectivity index (χ1v) is 8.50. The van der Waals surface area contributed by atoms with Crippen LogP contribution < -0.4 is 16.2 Å². The highest BCUT2D eigenvalue weighted by molar-refractivity contribution is 5.42. The van der Waals surface area contributed by atoms with Crippen LogP contribution in [0.1, 0.15) is 64.5 Å². The summed E-state index contributed by atoms with van der Waals surface area (Å²) in [5, 5.41) is 0. The Balaban J connectivity index is 3.02. The first-order chi connectivity index (χ1) is 10.3. The van der Waals surface area contributed by atoms with Crippen molar-refractivity contribution in [3.05, 3.63) is 29.3 Å². The SMILES string of the molecule is CCCOc1ccc(C(C)CC(CN)CN)cc1C(C)(C)C. The van der Waals surface area contributed by atoms with Gasteiger partial charge in [0.15, 0.2) is 0 Å². The molecule has 3 heteroatoms. The Kier molecular flexibility index (Phi) is 7.37. The summed E-state index contributed by atoms with van der Waals surface area (Å²) in [7, 11) is 0. The fourth-order valence-corrected chi connectivity index (χ4v) is 2.70. The number of rotatable bonds is 8. The van der Waals surface area contributed by atoms with Crippen LogP contribution in [0.5, 0.6) is 5.75 Å². The topological polar surface area (TPSA) is 61.3 Å². The second-order valence-corrected chi connectivity index (χ2v) is 7.33. The molecule has 0 aliphatic carbocycles. The van der Waals surface area contributed by atoms with Crippen LogP contribution in [0.3, 0.4) is 0 Å². The Morgan fingerprint density at radius 3 is 2.27 bits per heavy atom. The number of benzene rings is 1. The molecule has 0 radical (unpaired) electrons. The quantitative estimate of drug-likeness (QED) is 0.768. The zero-order chi connectivity index (χ0) is 16.8. The number of hydrogen-bond donors (Lipinski definition) is 2. The molecule has 3 nitrogen and oxygen atoms in total. The highest BCUT2D eigenvalue weighted by Gasteiger charge is 2.21. The molecule has 0 amide bonds. The van der Waals surface area contributed by atoms with Crippen LogP contribution in [0.25, 0.3) is 0 Å². The van der Waals surface area contributed by atoms with Crippen LogP contribution in [0.4, 0.5) is 0 Å². The number of hydrogen-bond acceptors (Lipinski definition) is 3. The summed E-state index contributed by atoms with van der Waals surface area (Å²) in [6.07, 6.45) is 2.06. The summed E-state index contributed by atoms with van der Waals surface area (Å²) >= 11 is 0. The van der Waals surface area contributed by atoms with E-state index in [-0.39, 0.29) is 5.41 Å². The third-order valence-electron chi connectivity index (χ3n) is 4.20. The van der Waals surface area contributed by atoms with Gasteiger partial charge in [0.05, 0.1) is 6.61 Å². The lowest BCUT2D eigenvalue weighted by molar-refractivity contribution is 0.308. The molecule has 0 heterocycles. The number of nitrogens with two attached hydrogens (primary N) is 2. The van der Waals surface area contributed by atoms with Crippen molar-refractivity contribution in [1.82, 2.24) is 0 Å². The van der Waals surface area contributed by atoms with Gasteiger partial charge in [-0.05, 0) is 60.4 Å². The van der Waals surface area contributed by atoms with Crippen LogP contribution in [0.2, 0.25) is 0 Å². The lowest BCUT2D eigenvalue weighted by Crippen LogP contribution is -2.24. The maximum absolute atomic E-state index is 5.93. The molecule has 1 rings (SSSR count). The van der Waals surface area contributed by atoms with Gasteiger partial charge in [-0.3, -0.25) is 0 Å². The van der Waals surface area contributed by atoms with Gasteiger partial charge in [0.25, 0.3) is 0 Å². The summed E-state index contributed by atoms with van der Waals surface area (Å²) in [6, 6.07) is 6.62. The van der Waals surface area contributed by atoms with E-state index in [1.165, 1.54) is 11.1 Å². The minimum absolute atomic E-state index is 0.0694. The highest BCUT2D eigenvalue weighted by atomic mass is 16.5. The minimum atomic E-state index is 0.0694. The van der Waals surface area contributed by atoms with Gasteiger partial charge in [0.2, 0.25) is 0 Å². The van der Waals surface area contributed by atoms with Gasteiger partial charge in [-0.1, -0.05) is 46.8 Å². The largest absolute Gasteiger partial charge is 0.493 e. The van der Waals surface area contributed by atoms with E-state index in [4.69, 9.17) is 16.2 Å². The Morgan fingerprint density at radius 2 is 1.77 bits per heavy atom. The number of ether oxygens (including phenoxy) is 1. The van der Waals surface area contributed by atoms with Crippen LogP contribution >= 0.6 is 0 Å². The van der Waals surface area contributed by atoms with Crippen molar-refractivity contribution in [2.24, 2.45) is 17.4 Å². The minimum Gasteiger partial charge on any atom is -0.493 e. The molecular weight excluding hydrogens is 272 g/mol. The molecule has 0 fully saturated rings. The molecule has 1 unspecified atom stereocenters. The van der Waals surface area contributed by atoms with E-state index in [2.05, 4.69) is 52.8 Å². The van der Waals surface area contributed by atoms with Crippen molar-refractivity contribution >= 4 is 0 Å². The highest BCUT2D eigenvalue weighted by Crippen LogP contribution is 2.35. The Hall–Kier alpha value is -1.06.